The van der Waals surface area contributed by atoms with Gasteiger partial charge in [-0.3, -0.25) is 0 Å². The number of benzene rings is 2. The highest BCUT2D eigenvalue weighted by molar-refractivity contribution is 7.13. The number of hydrogen-bond acceptors (Lipinski definition) is 1. The molecule has 0 aliphatic rings. The molecule has 2 heteroatoms. The first-order valence-corrected chi connectivity index (χ1v) is 7.50. The van der Waals surface area contributed by atoms with E-state index < -0.39 is 0 Å². The van der Waals surface area contributed by atoms with Crippen molar-refractivity contribution in [2.75, 3.05) is 0 Å². The molecule has 0 unspecified atom stereocenters. The van der Waals surface area contributed by atoms with E-state index in [9.17, 15) is 0 Å². The lowest BCUT2D eigenvalue weighted by molar-refractivity contribution is 1.48. The first-order chi connectivity index (χ1) is 9.90. The zero-order valence-corrected chi connectivity index (χ0v) is 11.7. The molecule has 4 aromatic rings. The molecule has 0 saturated carbocycles. The van der Waals surface area contributed by atoms with Gasteiger partial charge < -0.3 is 4.98 Å². The van der Waals surface area contributed by atoms with Crippen molar-refractivity contribution in [3.8, 4) is 21.7 Å². The first kappa shape index (κ1) is 11.5. The molecule has 2 aromatic heterocycles. The molecule has 0 fully saturated rings. The van der Waals surface area contributed by atoms with E-state index in [1.54, 1.807) is 11.3 Å². The summed E-state index contributed by atoms with van der Waals surface area (Å²) < 4.78 is 0. The number of H-pyrrole nitrogens is 1. The molecule has 0 radical (unpaired) electrons. The van der Waals surface area contributed by atoms with Crippen LogP contribution in [0.25, 0.3) is 32.6 Å². The van der Waals surface area contributed by atoms with Crippen LogP contribution in [0.5, 0.6) is 0 Å². The summed E-state index contributed by atoms with van der Waals surface area (Å²) in [5, 5.41) is 3.37. The quantitative estimate of drug-likeness (QED) is 0.492. The van der Waals surface area contributed by atoms with E-state index in [0.29, 0.717) is 0 Å². The standard InChI is InChI=1S/C18H13NS/c1-2-5-13(6-3-1)14-8-9-16-15(11-14)12-17(19-16)18-7-4-10-20-18/h1-12,19H. The fourth-order valence-electron chi connectivity index (χ4n) is 2.51. The van der Waals surface area contributed by atoms with E-state index >= 15 is 0 Å². The van der Waals surface area contributed by atoms with E-state index in [1.807, 2.05) is 6.07 Å². The second-order valence-electron chi connectivity index (χ2n) is 4.83. The summed E-state index contributed by atoms with van der Waals surface area (Å²) in [6.45, 7) is 0. The van der Waals surface area contributed by atoms with Crippen LogP contribution in [0.15, 0.2) is 72.1 Å². The highest BCUT2D eigenvalue weighted by Crippen LogP contribution is 2.30. The van der Waals surface area contributed by atoms with Crippen LogP contribution >= 0.6 is 11.3 Å². The van der Waals surface area contributed by atoms with Gasteiger partial charge in [0.15, 0.2) is 0 Å². The van der Waals surface area contributed by atoms with Crippen LogP contribution in [-0.4, -0.2) is 4.98 Å². The third-order valence-electron chi connectivity index (χ3n) is 3.51. The van der Waals surface area contributed by atoms with Gasteiger partial charge in [-0.25, -0.2) is 0 Å². The number of thiophene rings is 1. The number of aromatic nitrogens is 1. The van der Waals surface area contributed by atoms with Gasteiger partial charge in [-0.15, -0.1) is 11.3 Å². The Bertz CT molecular complexity index is 842. The second-order valence-corrected chi connectivity index (χ2v) is 5.78. The summed E-state index contributed by atoms with van der Waals surface area (Å²) in [6, 6.07) is 23.5. The molecule has 2 aromatic carbocycles. The Labute approximate surface area is 121 Å². The molecule has 0 aliphatic carbocycles. The molecular weight excluding hydrogens is 262 g/mol. The molecule has 0 saturated heterocycles. The average Bonchev–Trinajstić information content (AvgIpc) is 3.16. The smallest absolute Gasteiger partial charge is 0.0566 e. The first-order valence-electron chi connectivity index (χ1n) is 6.62. The third kappa shape index (κ3) is 1.95. The van der Waals surface area contributed by atoms with E-state index in [0.717, 1.165) is 0 Å². The summed E-state index contributed by atoms with van der Waals surface area (Å²) in [5.74, 6) is 0. The molecule has 0 atom stereocenters. The van der Waals surface area contributed by atoms with Crippen LogP contribution in [-0.2, 0) is 0 Å². The number of aromatic amines is 1. The lowest BCUT2D eigenvalue weighted by Crippen LogP contribution is -1.76. The maximum atomic E-state index is 3.49. The molecule has 96 valence electrons. The summed E-state index contributed by atoms with van der Waals surface area (Å²) >= 11 is 1.76. The minimum atomic E-state index is 1.19. The zero-order chi connectivity index (χ0) is 13.4. The van der Waals surface area contributed by atoms with Crippen molar-refractivity contribution in [2.45, 2.75) is 0 Å². The topological polar surface area (TPSA) is 15.8 Å². The Balaban J connectivity index is 1.84. The van der Waals surface area contributed by atoms with Crippen LogP contribution in [0.1, 0.15) is 0 Å². The van der Waals surface area contributed by atoms with Crippen LogP contribution in [0.2, 0.25) is 0 Å². The van der Waals surface area contributed by atoms with Crippen LogP contribution in [0.3, 0.4) is 0 Å². The van der Waals surface area contributed by atoms with Crippen LogP contribution in [0, 0.1) is 0 Å². The van der Waals surface area contributed by atoms with Gasteiger partial charge in [-0.05, 0) is 40.8 Å². The number of nitrogens with one attached hydrogen (secondary N) is 1. The molecule has 2 heterocycles. The summed E-state index contributed by atoms with van der Waals surface area (Å²) in [5.41, 5.74) is 4.90. The predicted molar refractivity (Wildman–Crippen MR) is 87.0 cm³/mol. The molecule has 1 nitrogen and oxygen atoms in total. The highest BCUT2D eigenvalue weighted by atomic mass is 32.1. The van der Waals surface area contributed by atoms with Gasteiger partial charge in [0.25, 0.3) is 0 Å². The van der Waals surface area contributed by atoms with Crippen LogP contribution in [0.4, 0.5) is 0 Å². The minimum Gasteiger partial charge on any atom is -0.354 e. The maximum absolute atomic E-state index is 3.49. The average molecular weight is 275 g/mol. The van der Waals surface area contributed by atoms with E-state index in [4.69, 9.17) is 0 Å². The molecule has 0 amide bonds. The van der Waals surface area contributed by atoms with Crippen molar-refractivity contribution in [1.29, 1.82) is 0 Å². The van der Waals surface area contributed by atoms with Crippen molar-refractivity contribution in [2.24, 2.45) is 0 Å². The number of fused-ring (bicyclic) bond motifs is 1. The third-order valence-corrected chi connectivity index (χ3v) is 4.42. The SMILES string of the molecule is c1ccc(-c2ccc3[nH]c(-c4cccs4)cc3c2)cc1. The van der Waals surface area contributed by atoms with Crippen molar-refractivity contribution in [3.63, 3.8) is 0 Å². The fraction of sp³-hybridized carbons (Fsp3) is 0. The lowest BCUT2D eigenvalue weighted by Gasteiger charge is -2.00. The van der Waals surface area contributed by atoms with Crippen LogP contribution < -0.4 is 0 Å². The highest BCUT2D eigenvalue weighted by Gasteiger charge is 2.05. The second kappa shape index (κ2) is 4.66. The number of rotatable bonds is 2. The van der Waals surface area contributed by atoms with Gasteiger partial charge in [-0.1, -0.05) is 42.5 Å². The zero-order valence-electron chi connectivity index (χ0n) is 10.8. The Morgan fingerprint density at radius 3 is 2.45 bits per heavy atom. The van der Waals surface area contributed by atoms with E-state index in [-0.39, 0.29) is 0 Å². The van der Waals surface area contributed by atoms with E-state index in [2.05, 4.69) is 71.0 Å². The molecule has 0 aliphatic heterocycles. The summed E-state index contributed by atoms with van der Waals surface area (Å²) in [4.78, 5) is 4.77. The Morgan fingerprint density at radius 2 is 1.65 bits per heavy atom. The molecule has 0 bridgehead atoms. The molecule has 1 N–H and O–H groups in total. The Kier molecular flexibility index (Phi) is 2.68. The van der Waals surface area contributed by atoms with Gasteiger partial charge in [0, 0.05) is 10.9 Å². The van der Waals surface area contributed by atoms with Gasteiger partial charge in [0.2, 0.25) is 0 Å². The van der Waals surface area contributed by atoms with Crippen molar-refractivity contribution >= 4 is 22.2 Å². The number of hydrogen-bond donors (Lipinski definition) is 1. The summed E-state index contributed by atoms with van der Waals surface area (Å²) in [6.07, 6.45) is 0. The molecule has 4 rings (SSSR count). The van der Waals surface area contributed by atoms with Crippen molar-refractivity contribution < 1.29 is 0 Å². The van der Waals surface area contributed by atoms with Gasteiger partial charge >= 0.3 is 0 Å². The van der Waals surface area contributed by atoms with Gasteiger partial charge in [0.1, 0.15) is 0 Å². The van der Waals surface area contributed by atoms with Crippen molar-refractivity contribution in [1.82, 2.24) is 4.98 Å². The van der Waals surface area contributed by atoms with Crippen molar-refractivity contribution in [3.05, 3.63) is 72.1 Å². The Morgan fingerprint density at radius 1 is 0.750 bits per heavy atom. The minimum absolute atomic E-state index is 1.19. The normalized spacial score (nSPS) is 11.0. The molecule has 20 heavy (non-hydrogen) atoms. The predicted octanol–water partition coefficient (Wildman–Crippen LogP) is 5.56. The van der Waals surface area contributed by atoms with Gasteiger partial charge in [-0.2, -0.15) is 0 Å². The lowest BCUT2D eigenvalue weighted by atomic mass is 10.0. The maximum Gasteiger partial charge on any atom is 0.0566 e. The fourth-order valence-corrected chi connectivity index (χ4v) is 3.21. The molecular formula is C18H13NS. The summed E-state index contributed by atoms with van der Waals surface area (Å²) in [7, 11) is 0. The van der Waals surface area contributed by atoms with Gasteiger partial charge in [0.05, 0.1) is 10.6 Å². The Hall–Kier alpha value is -2.32. The largest absolute Gasteiger partial charge is 0.354 e. The monoisotopic (exact) mass is 275 g/mol. The molecule has 0 spiro atoms. The van der Waals surface area contributed by atoms with E-state index in [1.165, 1.54) is 32.6 Å².